The largest absolute Gasteiger partial charge is 0.352 e. The number of fused-ring (bicyclic) bond motifs is 1. The van der Waals surface area contributed by atoms with E-state index < -0.39 is 5.91 Å². The Morgan fingerprint density at radius 3 is 2.39 bits per heavy atom. The van der Waals surface area contributed by atoms with Gasteiger partial charge in [0.05, 0.1) is 16.8 Å². The molecule has 148 valence electrons. The number of nitrogens with zero attached hydrogens (tertiary/aromatic N) is 1. The van der Waals surface area contributed by atoms with Gasteiger partial charge in [-0.05, 0) is 69.3 Å². The quantitative estimate of drug-likeness (QED) is 0.576. The maximum atomic E-state index is 12.9. The van der Waals surface area contributed by atoms with Gasteiger partial charge in [-0.25, -0.2) is 4.90 Å². The number of carbonyl (C=O) groups is 3. The zero-order valence-corrected chi connectivity index (χ0v) is 17.0. The van der Waals surface area contributed by atoms with Gasteiger partial charge < -0.3 is 10.6 Å². The highest BCUT2D eigenvalue weighted by Gasteiger charge is 2.37. The van der Waals surface area contributed by atoms with Crippen LogP contribution in [0.2, 0.25) is 0 Å². The summed E-state index contributed by atoms with van der Waals surface area (Å²) in [6.07, 6.45) is 0.811. The highest BCUT2D eigenvalue weighted by molar-refractivity contribution is 6.35. The average molecular weight is 402 g/mol. The van der Waals surface area contributed by atoms with Crippen molar-refractivity contribution < 1.29 is 14.4 Å². The van der Waals surface area contributed by atoms with E-state index in [1.807, 2.05) is 39.1 Å². The minimum absolute atomic E-state index is 0. The highest BCUT2D eigenvalue weighted by atomic mass is 35.5. The van der Waals surface area contributed by atoms with Crippen molar-refractivity contribution in [2.24, 2.45) is 0 Å². The van der Waals surface area contributed by atoms with E-state index in [0.29, 0.717) is 23.4 Å². The molecule has 3 amide bonds. The lowest BCUT2D eigenvalue weighted by atomic mass is 10.1. The number of benzene rings is 2. The van der Waals surface area contributed by atoms with Gasteiger partial charge in [-0.2, -0.15) is 0 Å². The molecular weight excluding hydrogens is 378 g/mol. The molecule has 1 aliphatic heterocycles. The van der Waals surface area contributed by atoms with Crippen LogP contribution in [0, 0.1) is 13.8 Å². The predicted octanol–water partition coefficient (Wildman–Crippen LogP) is 2.87. The highest BCUT2D eigenvalue weighted by Crippen LogP contribution is 2.31. The molecule has 3 rings (SSSR count). The molecule has 0 unspecified atom stereocenters. The minimum atomic E-state index is -0.395. The first kappa shape index (κ1) is 21.6. The number of nitrogens with one attached hydrogen (secondary N) is 2. The van der Waals surface area contributed by atoms with Gasteiger partial charge >= 0.3 is 0 Å². The van der Waals surface area contributed by atoms with E-state index in [0.717, 1.165) is 24.1 Å². The van der Waals surface area contributed by atoms with Crippen LogP contribution in [0.1, 0.15) is 48.6 Å². The van der Waals surface area contributed by atoms with E-state index in [-0.39, 0.29) is 29.8 Å². The smallest absolute Gasteiger partial charge is 0.266 e. The normalized spacial score (nSPS) is 12.6. The van der Waals surface area contributed by atoms with Gasteiger partial charge in [0.2, 0.25) is 0 Å². The van der Waals surface area contributed by atoms with Gasteiger partial charge in [-0.1, -0.05) is 12.1 Å². The van der Waals surface area contributed by atoms with Crippen molar-refractivity contribution in [1.82, 2.24) is 10.6 Å². The summed E-state index contributed by atoms with van der Waals surface area (Å²) in [6, 6.07) is 10.3. The fourth-order valence-electron chi connectivity index (χ4n) is 3.13. The Labute approximate surface area is 170 Å². The molecule has 0 aromatic heterocycles. The van der Waals surface area contributed by atoms with Crippen LogP contribution in [0.4, 0.5) is 5.69 Å². The molecule has 0 radical (unpaired) electrons. The third-order valence-electron chi connectivity index (χ3n) is 4.64. The number of imide groups is 1. The lowest BCUT2D eigenvalue weighted by molar-refractivity contribution is 0.0923. The summed E-state index contributed by atoms with van der Waals surface area (Å²) in [7, 11) is 1.85. The van der Waals surface area contributed by atoms with Gasteiger partial charge in [0.15, 0.2) is 0 Å². The van der Waals surface area contributed by atoms with Crippen molar-refractivity contribution in [3.05, 3.63) is 64.2 Å². The van der Waals surface area contributed by atoms with Crippen LogP contribution < -0.4 is 15.5 Å². The van der Waals surface area contributed by atoms with E-state index in [1.54, 1.807) is 12.1 Å². The maximum absolute atomic E-state index is 12.9. The van der Waals surface area contributed by atoms with Crippen molar-refractivity contribution in [2.75, 3.05) is 25.0 Å². The summed E-state index contributed by atoms with van der Waals surface area (Å²) < 4.78 is 0. The number of hydrogen-bond donors (Lipinski definition) is 2. The van der Waals surface area contributed by atoms with Gasteiger partial charge in [0.1, 0.15) is 0 Å². The zero-order chi connectivity index (χ0) is 19.6. The minimum Gasteiger partial charge on any atom is -0.352 e. The van der Waals surface area contributed by atoms with Gasteiger partial charge in [-0.15, -0.1) is 12.4 Å². The Hall–Kier alpha value is -2.70. The van der Waals surface area contributed by atoms with Gasteiger partial charge in [0, 0.05) is 12.1 Å². The molecular formula is C21H24ClN3O3. The molecule has 0 saturated heterocycles. The number of amides is 3. The fourth-order valence-corrected chi connectivity index (χ4v) is 3.13. The number of halogens is 1. The molecule has 0 fully saturated rings. The van der Waals surface area contributed by atoms with Crippen LogP contribution in [-0.4, -0.2) is 37.9 Å². The number of carbonyl (C=O) groups excluding carboxylic acids is 3. The number of hydrogen-bond acceptors (Lipinski definition) is 4. The second-order valence-corrected chi connectivity index (χ2v) is 6.71. The predicted molar refractivity (Wildman–Crippen MR) is 112 cm³/mol. The fraction of sp³-hybridized carbons (Fsp3) is 0.286. The molecule has 0 saturated carbocycles. The monoisotopic (exact) mass is 401 g/mol. The maximum Gasteiger partial charge on any atom is 0.266 e. The first-order valence-corrected chi connectivity index (χ1v) is 8.97. The Morgan fingerprint density at radius 1 is 0.964 bits per heavy atom. The standard InChI is InChI=1S/C21H23N3O3.ClH/c1-13-5-6-14(2)18(11-13)24-20(26)16-8-7-15(12-17(16)21(24)27)19(25)23-10-4-9-22-3;/h5-8,11-12,22H,4,9-10H2,1-3H3,(H,23,25);1H. The van der Waals surface area contributed by atoms with Crippen LogP contribution in [-0.2, 0) is 0 Å². The van der Waals surface area contributed by atoms with Crippen LogP contribution >= 0.6 is 12.4 Å². The molecule has 1 aliphatic rings. The summed E-state index contributed by atoms with van der Waals surface area (Å²) in [6.45, 7) is 5.13. The van der Waals surface area contributed by atoms with Crippen LogP contribution in [0.3, 0.4) is 0 Å². The van der Waals surface area contributed by atoms with Crippen molar-refractivity contribution >= 4 is 35.8 Å². The van der Waals surface area contributed by atoms with Gasteiger partial charge in [-0.3, -0.25) is 14.4 Å². The number of aryl methyl sites for hydroxylation is 2. The Balaban J connectivity index is 0.00000280. The van der Waals surface area contributed by atoms with Crippen molar-refractivity contribution in [2.45, 2.75) is 20.3 Å². The van der Waals surface area contributed by atoms with E-state index >= 15 is 0 Å². The average Bonchev–Trinajstić information content (AvgIpc) is 2.91. The van der Waals surface area contributed by atoms with Crippen molar-refractivity contribution in [1.29, 1.82) is 0 Å². The molecule has 0 spiro atoms. The molecule has 0 atom stereocenters. The summed E-state index contributed by atoms with van der Waals surface area (Å²) in [5, 5.41) is 5.84. The number of anilines is 1. The van der Waals surface area contributed by atoms with E-state index in [4.69, 9.17) is 0 Å². The van der Waals surface area contributed by atoms with Crippen molar-refractivity contribution in [3.63, 3.8) is 0 Å². The topological polar surface area (TPSA) is 78.5 Å². The summed E-state index contributed by atoms with van der Waals surface area (Å²) in [4.78, 5) is 39.2. The zero-order valence-electron chi connectivity index (χ0n) is 16.2. The lowest BCUT2D eigenvalue weighted by Gasteiger charge is -2.17. The summed E-state index contributed by atoms with van der Waals surface area (Å²) in [5.41, 5.74) is 3.37. The SMILES string of the molecule is CNCCCNC(=O)c1ccc2c(c1)C(=O)N(c1cc(C)ccc1C)C2=O.Cl. The van der Waals surface area contributed by atoms with E-state index in [2.05, 4.69) is 10.6 Å². The third-order valence-corrected chi connectivity index (χ3v) is 4.64. The third kappa shape index (κ3) is 4.08. The van der Waals surface area contributed by atoms with E-state index in [9.17, 15) is 14.4 Å². The molecule has 2 N–H and O–H groups in total. The second kappa shape index (κ2) is 8.99. The lowest BCUT2D eigenvalue weighted by Crippen LogP contribution is -2.30. The van der Waals surface area contributed by atoms with Crippen LogP contribution in [0.5, 0.6) is 0 Å². The Morgan fingerprint density at radius 2 is 1.68 bits per heavy atom. The number of rotatable bonds is 6. The molecule has 2 aromatic carbocycles. The van der Waals surface area contributed by atoms with Crippen LogP contribution in [0.15, 0.2) is 36.4 Å². The van der Waals surface area contributed by atoms with Crippen molar-refractivity contribution in [3.8, 4) is 0 Å². The molecule has 1 heterocycles. The van der Waals surface area contributed by atoms with Crippen LogP contribution in [0.25, 0.3) is 0 Å². The first-order chi connectivity index (χ1) is 12.9. The second-order valence-electron chi connectivity index (χ2n) is 6.71. The molecule has 7 heteroatoms. The summed E-state index contributed by atoms with van der Waals surface area (Å²) in [5.74, 6) is -1.00. The molecule has 0 bridgehead atoms. The Bertz CT molecular complexity index is 927. The summed E-state index contributed by atoms with van der Waals surface area (Å²) >= 11 is 0. The van der Waals surface area contributed by atoms with Gasteiger partial charge in [0.25, 0.3) is 17.7 Å². The van der Waals surface area contributed by atoms with E-state index in [1.165, 1.54) is 11.0 Å². The molecule has 28 heavy (non-hydrogen) atoms. The molecule has 2 aromatic rings. The molecule has 0 aliphatic carbocycles. The first-order valence-electron chi connectivity index (χ1n) is 8.97. The molecule has 6 nitrogen and oxygen atoms in total. The Kier molecular flexibility index (Phi) is 6.94.